The van der Waals surface area contributed by atoms with Crippen LogP contribution >= 0.6 is 0 Å². The fourth-order valence-corrected chi connectivity index (χ4v) is 2.04. The fourth-order valence-electron chi connectivity index (χ4n) is 2.04. The Hall–Kier alpha value is -1.78. The van der Waals surface area contributed by atoms with Gasteiger partial charge in [-0.3, -0.25) is 10.8 Å². The van der Waals surface area contributed by atoms with E-state index in [1.165, 1.54) is 17.8 Å². The summed E-state index contributed by atoms with van der Waals surface area (Å²) in [6, 6.07) is 7.18. The summed E-state index contributed by atoms with van der Waals surface area (Å²) in [5.74, 6) is 5.24. The van der Waals surface area contributed by atoms with Crippen molar-refractivity contribution >= 4 is 0 Å². The van der Waals surface area contributed by atoms with Gasteiger partial charge in [0.25, 0.3) is 0 Å². The van der Waals surface area contributed by atoms with Crippen molar-refractivity contribution in [3.63, 3.8) is 0 Å². The zero-order chi connectivity index (χ0) is 13.1. The number of nitrogens with two attached hydrogens (primary N) is 1. The van der Waals surface area contributed by atoms with Gasteiger partial charge in [0, 0.05) is 6.20 Å². The molecule has 0 aliphatic heterocycles. The largest absolute Gasteiger partial charge is 0.271 e. The second-order valence-electron chi connectivity index (χ2n) is 4.33. The molecule has 1 heterocycles. The number of hydrogen-bond donors (Lipinski definition) is 2. The highest BCUT2D eigenvalue weighted by Gasteiger charge is 2.16. The van der Waals surface area contributed by atoms with E-state index >= 15 is 0 Å². The summed E-state index contributed by atoms with van der Waals surface area (Å²) in [6.45, 7) is 4.07. The summed E-state index contributed by atoms with van der Waals surface area (Å²) in [7, 11) is 0. The number of hydrazine groups is 1. The minimum absolute atomic E-state index is 0.256. The van der Waals surface area contributed by atoms with Crippen molar-refractivity contribution < 1.29 is 4.39 Å². The molecule has 18 heavy (non-hydrogen) atoms. The number of aromatic nitrogens is 1. The van der Waals surface area contributed by atoms with Crippen molar-refractivity contribution in [2.75, 3.05) is 0 Å². The molecule has 0 fully saturated rings. The number of hydrogen-bond acceptors (Lipinski definition) is 3. The van der Waals surface area contributed by atoms with Crippen LogP contribution < -0.4 is 11.3 Å². The van der Waals surface area contributed by atoms with Crippen LogP contribution in [0.5, 0.6) is 0 Å². The van der Waals surface area contributed by atoms with E-state index in [9.17, 15) is 4.39 Å². The van der Waals surface area contributed by atoms with Crippen LogP contribution in [0.3, 0.4) is 0 Å². The van der Waals surface area contributed by atoms with Gasteiger partial charge in [-0.15, -0.1) is 0 Å². The van der Waals surface area contributed by atoms with E-state index in [0.29, 0.717) is 5.56 Å². The maximum atomic E-state index is 13.2. The van der Waals surface area contributed by atoms with Gasteiger partial charge in [-0.1, -0.05) is 18.2 Å². The number of pyridine rings is 1. The van der Waals surface area contributed by atoms with Crippen LogP contribution in [-0.4, -0.2) is 4.98 Å². The average molecular weight is 245 g/mol. The van der Waals surface area contributed by atoms with Crippen molar-refractivity contribution in [3.8, 4) is 0 Å². The van der Waals surface area contributed by atoms with Crippen LogP contribution in [0.25, 0.3) is 0 Å². The average Bonchev–Trinajstić information content (AvgIpc) is 2.35. The normalized spacial score (nSPS) is 12.4. The first-order valence-corrected chi connectivity index (χ1v) is 5.76. The topological polar surface area (TPSA) is 50.9 Å². The Kier molecular flexibility index (Phi) is 3.69. The Morgan fingerprint density at radius 1 is 1.28 bits per heavy atom. The number of aryl methyl sites for hydroxylation is 1. The van der Waals surface area contributed by atoms with Gasteiger partial charge >= 0.3 is 0 Å². The van der Waals surface area contributed by atoms with E-state index in [4.69, 9.17) is 5.84 Å². The molecule has 0 radical (unpaired) electrons. The molecule has 0 amide bonds. The SMILES string of the molecule is Cc1cccc(C(NN)c2cncc(F)c2)c1C. The van der Waals surface area contributed by atoms with Gasteiger partial charge in [0.05, 0.1) is 12.2 Å². The third kappa shape index (κ3) is 2.39. The molecule has 3 nitrogen and oxygen atoms in total. The molecule has 0 saturated heterocycles. The number of rotatable bonds is 3. The zero-order valence-corrected chi connectivity index (χ0v) is 10.4. The molecule has 0 aliphatic carbocycles. The van der Waals surface area contributed by atoms with Gasteiger partial charge in [0.2, 0.25) is 0 Å². The highest BCUT2D eigenvalue weighted by molar-refractivity contribution is 5.39. The van der Waals surface area contributed by atoms with E-state index in [2.05, 4.69) is 10.4 Å². The van der Waals surface area contributed by atoms with Gasteiger partial charge in [-0.05, 0) is 42.2 Å². The molecule has 1 atom stereocenters. The van der Waals surface area contributed by atoms with Gasteiger partial charge in [0.15, 0.2) is 0 Å². The Morgan fingerprint density at radius 2 is 2.06 bits per heavy atom. The zero-order valence-electron chi connectivity index (χ0n) is 10.4. The summed E-state index contributed by atoms with van der Waals surface area (Å²) in [4.78, 5) is 3.86. The molecule has 4 heteroatoms. The van der Waals surface area contributed by atoms with E-state index < -0.39 is 0 Å². The molecule has 1 aromatic heterocycles. The lowest BCUT2D eigenvalue weighted by atomic mass is 9.94. The van der Waals surface area contributed by atoms with Gasteiger partial charge in [-0.25, -0.2) is 9.82 Å². The van der Waals surface area contributed by atoms with Crippen molar-refractivity contribution in [1.29, 1.82) is 0 Å². The smallest absolute Gasteiger partial charge is 0.141 e. The Morgan fingerprint density at radius 3 is 2.72 bits per heavy atom. The highest BCUT2D eigenvalue weighted by Crippen LogP contribution is 2.25. The first-order chi connectivity index (χ1) is 8.63. The van der Waals surface area contributed by atoms with Gasteiger partial charge < -0.3 is 0 Å². The lowest BCUT2D eigenvalue weighted by molar-refractivity contribution is 0.596. The predicted octanol–water partition coefficient (Wildman–Crippen LogP) is 2.39. The molecule has 1 aromatic carbocycles. The number of benzene rings is 1. The molecular weight excluding hydrogens is 229 g/mol. The summed E-state index contributed by atoms with van der Waals surface area (Å²) in [5.41, 5.74) is 6.79. The Labute approximate surface area is 106 Å². The summed E-state index contributed by atoms with van der Waals surface area (Å²) >= 11 is 0. The summed E-state index contributed by atoms with van der Waals surface area (Å²) < 4.78 is 13.2. The molecule has 2 aromatic rings. The quantitative estimate of drug-likeness (QED) is 0.645. The van der Waals surface area contributed by atoms with Crippen LogP contribution in [-0.2, 0) is 0 Å². The third-order valence-corrected chi connectivity index (χ3v) is 3.18. The summed E-state index contributed by atoms with van der Waals surface area (Å²) in [5, 5.41) is 0. The first-order valence-electron chi connectivity index (χ1n) is 5.76. The minimum Gasteiger partial charge on any atom is -0.271 e. The molecule has 0 saturated carbocycles. The van der Waals surface area contributed by atoms with Gasteiger partial charge in [-0.2, -0.15) is 0 Å². The maximum absolute atomic E-state index is 13.2. The molecule has 0 aliphatic rings. The van der Waals surface area contributed by atoms with E-state index in [1.807, 2.05) is 32.0 Å². The Balaban J connectivity index is 2.49. The minimum atomic E-state index is -0.363. The maximum Gasteiger partial charge on any atom is 0.141 e. The molecule has 2 rings (SSSR count). The number of nitrogens with zero attached hydrogens (tertiary/aromatic N) is 1. The highest BCUT2D eigenvalue weighted by atomic mass is 19.1. The van der Waals surface area contributed by atoms with Crippen LogP contribution in [0.2, 0.25) is 0 Å². The van der Waals surface area contributed by atoms with Crippen molar-refractivity contribution in [3.05, 3.63) is 64.7 Å². The van der Waals surface area contributed by atoms with E-state index in [0.717, 1.165) is 11.1 Å². The predicted molar refractivity (Wildman–Crippen MR) is 69.3 cm³/mol. The lowest BCUT2D eigenvalue weighted by Gasteiger charge is -2.19. The monoisotopic (exact) mass is 245 g/mol. The van der Waals surface area contributed by atoms with Gasteiger partial charge in [0.1, 0.15) is 5.82 Å². The Bertz CT molecular complexity index is 554. The molecule has 1 unspecified atom stereocenters. The third-order valence-electron chi connectivity index (χ3n) is 3.18. The number of halogens is 1. The summed E-state index contributed by atoms with van der Waals surface area (Å²) in [6.07, 6.45) is 2.80. The lowest BCUT2D eigenvalue weighted by Crippen LogP contribution is -2.29. The molecular formula is C14H16FN3. The number of nitrogens with one attached hydrogen (secondary N) is 1. The second-order valence-corrected chi connectivity index (χ2v) is 4.33. The van der Waals surface area contributed by atoms with Crippen LogP contribution in [0.1, 0.15) is 28.3 Å². The first kappa shape index (κ1) is 12.7. The molecule has 0 bridgehead atoms. The van der Waals surface area contributed by atoms with E-state index in [-0.39, 0.29) is 11.9 Å². The molecule has 3 N–H and O–H groups in total. The van der Waals surface area contributed by atoms with Crippen molar-refractivity contribution in [2.24, 2.45) is 5.84 Å². The van der Waals surface area contributed by atoms with Crippen molar-refractivity contribution in [2.45, 2.75) is 19.9 Å². The van der Waals surface area contributed by atoms with Crippen LogP contribution in [0, 0.1) is 19.7 Å². The van der Waals surface area contributed by atoms with Crippen LogP contribution in [0.15, 0.2) is 36.7 Å². The molecule has 0 spiro atoms. The van der Waals surface area contributed by atoms with E-state index in [1.54, 1.807) is 6.20 Å². The standard InChI is InChI=1S/C14H16FN3/c1-9-4-3-5-13(10(9)2)14(18-16)11-6-12(15)8-17-7-11/h3-8,14,18H,16H2,1-2H3. The van der Waals surface area contributed by atoms with Crippen LogP contribution in [0.4, 0.5) is 4.39 Å². The fraction of sp³-hybridized carbons (Fsp3) is 0.214. The molecule has 94 valence electrons. The van der Waals surface area contributed by atoms with Crippen molar-refractivity contribution in [1.82, 2.24) is 10.4 Å². The second kappa shape index (κ2) is 5.25.